The maximum Gasteiger partial charge on any atom is 0.244 e. The third-order valence-corrected chi connectivity index (χ3v) is 2.80. The number of amides is 2. The molecule has 0 heterocycles. The molecule has 0 aliphatic rings. The molecular formula is C15H21N3O2. The van der Waals surface area contributed by atoms with Crippen LogP contribution >= 0.6 is 0 Å². The van der Waals surface area contributed by atoms with Crippen molar-refractivity contribution in [1.29, 1.82) is 0 Å². The Labute approximate surface area is 119 Å². The van der Waals surface area contributed by atoms with Gasteiger partial charge in [0, 0.05) is 38.9 Å². The maximum atomic E-state index is 11.9. The molecule has 108 valence electrons. The quantitative estimate of drug-likeness (QED) is 0.804. The van der Waals surface area contributed by atoms with Crippen LogP contribution in [0.3, 0.4) is 0 Å². The van der Waals surface area contributed by atoms with Gasteiger partial charge in [0.2, 0.25) is 11.8 Å². The summed E-state index contributed by atoms with van der Waals surface area (Å²) in [5.41, 5.74) is 1.77. The average Bonchev–Trinajstić information content (AvgIpc) is 2.38. The predicted molar refractivity (Wildman–Crippen MR) is 81.8 cm³/mol. The first-order valence-electron chi connectivity index (χ1n) is 6.37. The van der Waals surface area contributed by atoms with E-state index in [2.05, 4.69) is 11.9 Å². The SMILES string of the molecule is C=CCN(CC(=O)Nc1ccc(N(C)C)cc1)C(C)=O. The Hall–Kier alpha value is -2.30. The van der Waals surface area contributed by atoms with E-state index in [4.69, 9.17) is 0 Å². The molecule has 0 bridgehead atoms. The van der Waals surface area contributed by atoms with Gasteiger partial charge in [-0.3, -0.25) is 9.59 Å². The molecule has 0 fully saturated rings. The molecular weight excluding hydrogens is 254 g/mol. The van der Waals surface area contributed by atoms with Gasteiger partial charge < -0.3 is 15.1 Å². The van der Waals surface area contributed by atoms with Gasteiger partial charge in [-0.05, 0) is 24.3 Å². The Balaban J connectivity index is 2.61. The topological polar surface area (TPSA) is 52.7 Å². The third-order valence-electron chi connectivity index (χ3n) is 2.80. The first-order valence-corrected chi connectivity index (χ1v) is 6.37. The second-order valence-corrected chi connectivity index (χ2v) is 4.68. The summed E-state index contributed by atoms with van der Waals surface area (Å²) in [7, 11) is 3.90. The molecule has 0 saturated carbocycles. The zero-order valence-electron chi connectivity index (χ0n) is 12.2. The van der Waals surface area contributed by atoms with Gasteiger partial charge in [-0.2, -0.15) is 0 Å². The standard InChI is InChI=1S/C15H21N3O2/c1-5-10-18(12(2)19)11-15(20)16-13-6-8-14(9-7-13)17(3)4/h5-9H,1,10-11H2,2-4H3,(H,16,20). The fourth-order valence-corrected chi connectivity index (χ4v) is 1.68. The van der Waals surface area contributed by atoms with Gasteiger partial charge in [0.05, 0.1) is 0 Å². The highest BCUT2D eigenvalue weighted by Gasteiger charge is 2.12. The van der Waals surface area contributed by atoms with Crippen molar-refractivity contribution in [2.75, 3.05) is 37.4 Å². The number of anilines is 2. The number of hydrogen-bond donors (Lipinski definition) is 1. The monoisotopic (exact) mass is 275 g/mol. The van der Waals surface area contributed by atoms with E-state index >= 15 is 0 Å². The van der Waals surface area contributed by atoms with Crippen molar-refractivity contribution in [3.63, 3.8) is 0 Å². The number of hydrogen-bond acceptors (Lipinski definition) is 3. The number of nitrogens with zero attached hydrogens (tertiary/aromatic N) is 2. The van der Waals surface area contributed by atoms with Crippen molar-refractivity contribution in [1.82, 2.24) is 4.90 Å². The van der Waals surface area contributed by atoms with E-state index in [1.54, 1.807) is 6.08 Å². The number of carbonyl (C=O) groups is 2. The van der Waals surface area contributed by atoms with E-state index in [0.717, 1.165) is 5.69 Å². The minimum Gasteiger partial charge on any atom is -0.378 e. The van der Waals surface area contributed by atoms with Crippen molar-refractivity contribution in [2.45, 2.75) is 6.92 Å². The van der Waals surface area contributed by atoms with Crippen molar-refractivity contribution in [3.05, 3.63) is 36.9 Å². The van der Waals surface area contributed by atoms with Crippen LogP contribution in [0.25, 0.3) is 0 Å². The second-order valence-electron chi connectivity index (χ2n) is 4.68. The van der Waals surface area contributed by atoms with Gasteiger partial charge in [0.1, 0.15) is 6.54 Å². The van der Waals surface area contributed by atoms with E-state index in [1.807, 2.05) is 43.3 Å². The van der Waals surface area contributed by atoms with Crippen molar-refractivity contribution < 1.29 is 9.59 Å². The van der Waals surface area contributed by atoms with Crippen LogP contribution in [0.5, 0.6) is 0 Å². The van der Waals surface area contributed by atoms with E-state index in [9.17, 15) is 9.59 Å². The van der Waals surface area contributed by atoms with E-state index < -0.39 is 0 Å². The van der Waals surface area contributed by atoms with Crippen LogP contribution in [0.2, 0.25) is 0 Å². The highest BCUT2D eigenvalue weighted by atomic mass is 16.2. The highest BCUT2D eigenvalue weighted by molar-refractivity contribution is 5.94. The molecule has 5 heteroatoms. The number of nitrogens with one attached hydrogen (secondary N) is 1. The zero-order valence-corrected chi connectivity index (χ0v) is 12.2. The molecule has 1 rings (SSSR count). The van der Waals surface area contributed by atoms with Crippen LogP contribution in [0.4, 0.5) is 11.4 Å². The number of benzene rings is 1. The molecule has 0 aliphatic carbocycles. The average molecular weight is 275 g/mol. The van der Waals surface area contributed by atoms with Gasteiger partial charge >= 0.3 is 0 Å². The van der Waals surface area contributed by atoms with E-state index in [1.165, 1.54) is 11.8 Å². The summed E-state index contributed by atoms with van der Waals surface area (Å²) >= 11 is 0. The molecule has 0 radical (unpaired) electrons. The van der Waals surface area contributed by atoms with Crippen LogP contribution in [-0.4, -0.2) is 43.9 Å². The second kappa shape index (κ2) is 7.33. The summed E-state index contributed by atoms with van der Waals surface area (Å²) in [6.45, 7) is 5.39. The Morgan fingerprint density at radius 2 is 1.85 bits per heavy atom. The lowest BCUT2D eigenvalue weighted by atomic mass is 10.2. The third kappa shape index (κ3) is 4.76. The lowest BCUT2D eigenvalue weighted by Gasteiger charge is -2.18. The molecule has 5 nitrogen and oxygen atoms in total. The van der Waals surface area contributed by atoms with Crippen molar-refractivity contribution >= 4 is 23.2 Å². The zero-order chi connectivity index (χ0) is 15.1. The summed E-state index contributed by atoms with van der Waals surface area (Å²) < 4.78 is 0. The normalized spacial score (nSPS) is 9.75. The van der Waals surface area contributed by atoms with E-state index in [0.29, 0.717) is 12.2 Å². The maximum absolute atomic E-state index is 11.9. The number of rotatable bonds is 6. The lowest BCUT2D eigenvalue weighted by Crippen LogP contribution is -2.36. The molecule has 0 aromatic heterocycles. The van der Waals surface area contributed by atoms with Gasteiger partial charge in [0.15, 0.2) is 0 Å². The van der Waals surface area contributed by atoms with Crippen LogP contribution in [-0.2, 0) is 9.59 Å². The lowest BCUT2D eigenvalue weighted by molar-refractivity contribution is -0.132. The molecule has 0 unspecified atom stereocenters. The smallest absolute Gasteiger partial charge is 0.244 e. The molecule has 1 aromatic rings. The highest BCUT2D eigenvalue weighted by Crippen LogP contribution is 2.15. The van der Waals surface area contributed by atoms with Gasteiger partial charge in [-0.1, -0.05) is 6.08 Å². The van der Waals surface area contributed by atoms with E-state index in [-0.39, 0.29) is 18.4 Å². The summed E-state index contributed by atoms with van der Waals surface area (Å²) in [6, 6.07) is 7.50. The largest absolute Gasteiger partial charge is 0.378 e. The molecule has 0 aliphatic heterocycles. The number of carbonyl (C=O) groups excluding carboxylic acids is 2. The summed E-state index contributed by atoms with van der Waals surface area (Å²) in [5.74, 6) is -0.373. The summed E-state index contributed by atoms with van der Waals surface area (Å²) in [5, 5.41) is 2.77. The molecule has 1 N–H and O–H groups in total. The minimum absolute atomic E-state index is 0.0246. The van der Waals surface area contributed by atoms with Crippen LogP contribution in [0, 0.1) is 0 Å². The summed E-state index contributed by atoms with van der Waals surface area (Å²) in [6.07, 6.45) is 1.60. The molecule has 0 saturated heterocycles. The van der Waals surface area contributed by atoms with Crippen LogP contribution in [0.1, 0.15) is 6.92 Å². The molecule has 2 amide bonds. The van der Waals surface area contributed by atoms with Crippen molar-refractivity contribution in [3.8, 4) is 0 Å². The first-order chi connectivity index (χ1) is 9.43. The predicted octanol–water partition coefficient (Wildman–Crippen LogP) is 1.73. The Kier molecular flexibility index (Phi) is 5.77. The Morgan fingerprint density at radius 3 is 2.30 bits per heavy atom. The molecule has 0 spiro atoms. The minimum atomic E-state index is -0.223. The fraction of sp³-hybridized carbons (Fsp3) is 0.333. The molecule has 1 aromatic carbocycles. The van der Waals surface area contributed by atoms with Crippen LogP contribution in [0.15, 0.2) is 36.9 Å². The Bertz CT molecular complexity index is 480. The first kappa shape index (κ1) is 15.8. The molecule has 0 atom stereocenters. The van der Waals surface area contributed by atoms with Crippen molar-refractivity contribution in [2.24, 2.45) is 0 Å². The van der Waals surface area contributed by atoms with Gasteiger partial charge in [0.25, 0.3) is 0 Å². The molecule has 20 heavy (non-hydrogen) atoms. The van der Waals surface area contributed by atoms with Gasteiger partial charge in [-0.25, -0.2) is 0 Å². The van der Waals surface area contributed by atoms with Crippen LogP contribution < -0.4 is 10.2 Å². The fourth-order valence-electron chi connectivity index (χ4n) is 1.68. The van der Waals surface area contributed by atoms with Gasteiger partial charge in [-0.15, -0.1) is 6.58 Å². The Morgan fingerprint density at radius 1 is 1.25 bits per heavy atom. The summed E-state index contributed by atoms with van der Waals surface area (Å²) in [4.78, 5) is 26.6.